The van der Waals surface area contributed by atoms with Gasteiger partial charge in [0.25, 0.3) is 0 Å². The van der Waals surface area contributed by atoms with Gasteiger partial charge in [0.1, 0.15) is 11.2 Å². The van der Waals surface area contributed by atoms with E-state index in [0.29, 0.717) is 11.1 Å². The van der Waals surface area contributed by atoms with Crippen LogP contribution in [0.3, 0.4) is 0 Å². The topological polar surface area (TPSA) is 40.5 Å². The zero-order valence-corrected chi connectivity index (χ0v) is 30.8. The molecule has 8 aromatic carbocycles. The fraction of sp³-hybridized carbons (Fsp3) is 0.0741. The highest BCUT2D eigenvalue weighted by atomic mass is 16.3. The predicted octanol–water partition coefficient (Wildman–Crippen LogP) is 10.3. The van der Waals surface area contributed by atoms with Gasteiger partial charge in [-0.05, 0) is 89.3 Å². The van der Waals surface area contributed by atoms with Gasteiger partial charge in [-0.3, -0.25) is 0 Å². The molecule has 0 bridgehead atoms. The molecule has 4 atom stereocenters. The highest BCUT2D eigenvalue weighted by Crippen LogP contribution is 2.59. The van der Waals surface area contributed by atoms with Crippen molar-refractivity contribution >= 4 is 12.2 Å². The van der Waals surface area contributed by atoms with Crippen LogP contribution < -0.4 is 10.4 Å². The van der Waals surface area contributed by atoms with E-state index < -0.39 is 23.0 Å². The molecule has 10 rings (SSSR count). The first-order valence-electron chi connectivity index (χ1n) is 19.4. The van der Waals surface area contributed by atoms with Gasteiger partial charge in [0.15, 0.2) is 0 Å². The summed E-state index contributed by atoms with van der Waals surface area (Å²) in [6.45, 7) is 0. The molecule has 2 aliphatic rings. The zero-order valence-electron chi connectivity index (χ0n) is 30.8. The highest BCUT2D eigenvalue weighted by molar-refractivity contribution is 5.81. The minimum Gasteiger partial charge on any atom is -0.380 e. The number of hydrogen-bond acceptors (Lipinski definition) is 2. The van der Waals surface area contributed by atoms with E-state index in [-0.39, 0.29) is 0 Å². The van der Waals surface area contributed by atoms with Gasteiger partial charge in [0, 0.05) is 11.8 Å². The molecule has 2 N–H and O–H groups in total. The third-order valence-corrected chi connectivity index (χ3v) is 12.1. The van der Waals surface area contributed by atoms with Crippen LogP contribution in [-0.2, 0) is 11.2 Å². The second-order valence-electron chi connectivity index (χ2n) is 15.1. The molecule has 0 amide bonds. The minimum atomic E-state index is -1.52. The van der Waals surface area contributed by atoms with E-state index in [2.05, 4.69) is 158 Å². The van der Waals surface area contributed by atoms with Gasteiger partial charge in [0.05, 0.1) is 0 Å². The van der Waals surface area contributed by atoms with E-state index in [1.165, 1.54) is 0 Å². The SMILES string of the molecule is OC1(c2ccc(-c3ccccc3)cc2-c2ccccc2)c2ccccc2C(O)(c2ccc(-c3ccccc3)cc2-c2ccccc2)C2C=c3ccccc3=CC21. The molecular weight excluding hydrogens is 681 g/mol. The number of fused-ring (bicyclic) bond motifs is 3. The van der Waals surface area contributed by atoms with Gasteiger partial charge >= 0.3 is 0 Å². The van der Waals surface area contributed by atoms with Crippen LogP contribution in [0, 0.1) is 11.8 Å². The van der Waals surface area contributed by atoms with Crippen molar-refractivity contribution in [3.05, 3.63) is 239 Å². The molecule has 0 heterocycles. The molecule has 0 aromatic heterocycles. The normalized spacial score (nSPS) is 20.8. The van der Waals surface area contributed by atoms with Gasteiger partial charge in [-0.2, -0.15) is 0 Å². The minimum absolute atomic E-state index is 0.542. The maximum absolute atomic E-state index is 14.0. The first-order chi connectivity index (χ1) is 27.5. The maximum atomic E-state index is 14.0. The van der Waals surface area contributed by atoms with E-state index in [1.807, 2.05) is 60.7 Å². The second kappa shape index (κ2) is 13.6. The molecule has 0 radical (unpaired) electrons. The number of hydrogen-bond donors (Lipinski definition) is 2. The van der Waals surface area contributed by atoms with Crippen LogP contribution in [0.4, 0.5) is 0 Å². The summed E-state index contributed by atoms with van der Waals surface area (Å²) in [6, 6.07) is 70.8. The van der Waals surface area contributed by atoms with Gasteiger partial charge in [-0.15, -0.1) is 0 Å². The van der Waals surface area contributed by atoms with E-state index in [9.17, 15) is 10.2 Å². The van der Waals surface area contributed by atoms with Gasteiger partial charge in [-0.25, -0.2) is 0 Å². The van der Waals surface area contributed by atoms with Crippen molar-refractivity contribution in [2.24, 2.45) is 11.8 Å². The summed E-state index contributed by atoms with van der Waals surface area (Å²) in [5.74, 6) is -1.08. The monoisotopic (exact) mass is 720 g/mol. The van der Waals surface area contributed by atoms with Crippen molar-refractivity contribution in [2.45, 2.75) is 11.2 Å². The zero-order chi connectivity index (χ0) is 37.7. The first kappa shape index (κ1) is 33.9. The summed E-state index contributed by atoms with van der Waals surface area (Å²) < 4.78 is 0. The Morgan fingerprint density at radius 3 is 0.982 bits per heavy atom. The quantitative estimate of drug-likeness (QED) is 0.180. The Hall–Kier alpha value is -6.58. The molecule has 56 heavy (non-hydrogen) atoms. The van der Waals surface area contributed by atoms with Crippen LogP contribution in [0.25, 0.3) is 56.7 Å². The number of benzene rings is 8. The van der Waals surface area contributed by atoms with Crippen molar-refractivity contribution in [1.82, 2.24) is 0 Å². The van der Waals surface area contributed by atoms with E-state index in [1.54, 1.807) is 0 Å². The van der Waals surface area contributed by atoms with Crippen LogP contribution in [0.15, 0.2) is 206 Å². The summed E-state index contributed by atoms with van der Waals surface area (Å²) in [6.07, 6.45) is 4.42. The molecular formula is C54H40O2. The maximum Gasteiger partial charge on any atom is 0.123 e. The molecule has 2 aliphatic carbocycles. The van der Waals surface area contributed by atoms with Crippen LogP contribution in [0.2, 0.25) is 0 Å². The molecule has 0 saturated heterocycles. The first-order valence-corrected chi connectivity index (χ1v) is 19.4. The van der Waals surface area contributed by atoms with Crippen molar-refractivity contribution in [2.75, 3.05) is 0 Å². The van der Waals surface area contributed by atoms with Gasteiger partial charge in [-0.1, -0.05) is 206 Å². The largest absolute Gasteiger partial charge is 0.380 e. The molecule has 268 valence electrons. The molecule has 2 nitrogen and oxygen atoms in total. The lowest BCUT2D eigenvalue weighted by atomic mass is 9.54. The predicted molar refractivity (Wildman–Crippen MR) is 229 cm³/mol. The smallest absolute Gasteiger partial charge is 0.123 e. The Kier molecular flexibility index (Phi) is 8.26. The molecule has 0 spiro atoms. The van der Waals surface area contributed by atoms with E-state index >= 15 is 0 Å². The molecule has 8 aromatic rings. The summed E-state index contributed by atoms with van der Waals surface area (Å²) in [5, 5.41) is 30.1. The summed E-state index contributed by atoms with van der Waals surface area (Å²) >= 11 is 0. The van der Waals surface area contributed by atoms with Crippen LogP contribution in [0.1, 0.15) is 22.3 Å². The molecule has 0 fully saturated rings. The molecule has 4 unspecified atom stereocenters. The van der Waals surface area contributed by atoms with Crippen molar-refractivity contribution in [1.29, 1.82) is 0 Å². The lowest BCUT2D eigenvalue weighted by molar-refractivity contribution is -0.0602. The Morgan fingerprint density at radius 1 is 0.286 bits per heavy atom. The fourth-order valence-electron chi connectivity index (χ4n) is 9.41. The van der Waals surface area contributed by atoms with Gasteiger partial charge < -0.3 is 10.2 Å². The molecule has 2 heteroatoms. The summed E-state index contributed by atoms with van der Waals surface area (Å²) in [7, 11) is 0. The Morgan fingerprint density at radius 2 is 0.607 bits per heavy atom. The van der Waals surface area contributed by atoms with E-state index in [0.717, 1.165) is 66.1 Å². The third-order valence-electron chi connectivity index (χ3n) is 12.1. The Bertz CT molecular complexity index is 2640. The second-order valence-corrected chi connectivity index (χ2v) is 15.1. The number of aliphatic hydroxyl groups is 2. The van der Waals surface area contributed by atoms with Crippen LogP contribution in [-0.4, -0.2) is 10.2 Å². The fourth-order valence-corrected chi connectivity index (χ4v) is 9.41. The standard InChI is InChI=1S/C54H40O2/c55-53(47-31-29-43(37-17-5-1-6-18-37)33-45(47)39-21-9-3-10-22-39)49-27-15-16-28-50(49)54(56,52-36-42-26-14-13-25-41(42)35-51(52)53)48-32-30-44(38-19-7-2-8-20-38)34-46(48)40-23-11-4-12-24-40/h1-36,51-52,55-56H. The van der Waals surface area contributed by atoms with Crippen molar-refractivity contribution in [3.8, 4) is 44.5 Å². The average Bonchev–Trinajstić information content (AvgIpc) is 3.28. The van der Waals surface area contributed by atoms with Crippen LogP contribution >= 0.6 is 0 Å². The highest BCUT2D eigenvalue weighted by Gasteiger charge is 2.59. The van der Waals surface area contributed by atoms with Crippen molar-refractivity contribution in [3.63, 3.8) is 0 Å². The molecule has 0 saturated carbocycles. The Balaban J connectivity index is 1.28. The van der Waals surface area contributed by atoms with Crippen LogP contribution in [0.5, 0.6) is 0 Å². The van der Waals surface area contributed by atoms with Crippen molar-refractivity contribution < 1.29 is 10.2 Å². The Labute approximate surface area is 327 Å². The number of rotatable bonds is 6. The molecule has 0 aliphatic heterocycles. The van der Waals surface area contributed by atoms with E-state index in [4.69, 9.17) is 0 Å². The lowest BCUT2D eigenvalue weighted by Crippen LogP contribution is -2.56. The average molecular weight is 721 g/mol. The third kappa shape index (κ3) is 5.41. The summed E-state index contributed by atoms with van der Waals surface area (Å²) in [4.78, 5) is 0. The van der Waals surface area contributed by atoms with Gasteiger partial charge in [0.2, 0.25) is 0 Å². The lowest BCUT2D eigenvalue weighted by Gasteiger charge is -2.53. The summed E-state index contributed by atoms with van der Waals surface area (Å²) in [5.41, 5.74) is 8.29.